The number of terminal acetylenes is 1. The van der Waals surface area contributed by atoms with Crippen LogP contribution in [0.2, 0.25) is 0 Å². The van der Waals surface area contributed by atoms with Crippen LogP contribution in [-0.4, -0.2) is 30.3 Å². The number of nitrogens with two attached hydrogens (primary N) is 1. The van der Waals surface area contributed by atoms with E-state index in [9.17, 15) is 5.11 Å². The largest absolute Gasteiger partial charge is 0.382 e. The van der Waals surface area contributed by atoms with Crippen molar-refractivity contribution in [1.82, 2.24) is 19.6 Å². The number of aryl methyl sites for hydroxylation is 1. The van der Waals surface area contributed by atoms with Gasteiger partial charge in [-0.05, 0) is 56.9 Å². The Morgan fingerprint density at radius 1 is 1.21 bits per heavy atom. The molecule has 1 aliphatic carbocycles. The van der Waals surface area contributed by atoms with Gasteiger partial charge in [0.25, 0.3) is 5.78 Å². The average molecular weight is 438 g/mol. The summed E-state index contributed by atoms with van der Waals surface area (Å²) in [6, 6.07) is 7.76. The zero-order valence-corrected chi connectivity index (χ0v) is 17.1. The smallest absolute Gasteiger partial charge is 0.254 e. The summed E-state index contributed by atoms with van der Waals surface area (Å²) in [5.74, 6) is 9.46. The number of nitrogens with zero attached hydrogens (tertiary/aromatic N) is 4. The van der Waals surface area contributed by atoms with Crippen LogP contribution >= 0.6 is 15.9 Å². The Bertz CT molecular complexity index is 1080. The lowest BCUT2D eigenvalue weighted by Gasteiger charge is -2.11. The lowest BCUT2D eigenvalue weighted by Crippen LogP contribution is -2.20. The summed E-state index contributed by atoms with van der Waals surface area (Å²) in [5, 5.41) is 13.3. The molecule has 4 rings (SSSR count). The summed E-state index contributed by atoms with van der Waals surface area (Å²) in [5.41, 5.74) is 7.65. The van der Waals surface area contributed by atoms with E-state index in [1.165, 1.54) is 10.8 Å². The van der Waals surface area contributed by atoms with Gasteiger partial charge in [0.15, 0.2) is 0 Å². The molecule has 0 unspecified atom stereocenters. The van der Waals surface area contributed by atoms with Gasteiger partial charge in [-0.2, -0.15) is 14.6 Å². The van der Waals surface area contributed by atoms with Crippen LogP contribution in [0.5, 0.6) is 0 Å². The highest BCUT2D eigenvalue weighted by Gasteiger charge is 2.27. The molecular weight excluding hydrogens is 418 g/mol. The zero-order valence-electron chi connectivity index (χ0n) is 15.5. The van der Waals surface area contributed by atoms with Crippen molar-refractivity contribution in [2.24, 2.45) is 0 Å². The minimum Gasteiger partial charge on any atom is -0.382 e. The molecule has 3 N–H and O–H groups in total. The first-order valence-electron chi connectivity index (χ1n) is 8.85. The Hall–Kier alpha value is -2.87. The van der Waals surface area contributed by atoms with E-state index in [1.807, 2.05) is 31.2 Å². The number of nitrogen functional groups attached to an aromatic ring is 1. The van der Waals surface area contributed by atoms with Gasteiger partial charge >= 0.3 is 0 Å². The van der Waals surface area contributed by atoms with E-state index in [0.717, 1.165) is 41.4 Å². The normalized spacial score (nSPS) is 14.5. The van der Waals surface area contributed by atoms with E-state index >= 15 is 0 Å². The number of hydrogen-bond acceptors (Lipinski definition) is 5. The summed E-state index contributed by atoms with van der Waals surface area (Å²) in [6.45, 7) is 1.86. The lowest BCUT2D eigenvalue weighted by molar-refractivity contribution is 0.110. The first-order valence-corrected chi connectivity index (χ1v) is 9.65. The second-order valence-corrected chi connectivity index (χ2v) is 7.48. The van der Waals surface area contributed by atoms with Gasteiger partial charge in [-0.3, -0.25) is 0 Å². The Kier molecular flexibility index (Phi) is 5.99. The van der Waals surface area contributed by atoms with Crippen molar-refractivity contribution in [2.45, 2.75) is 38.2 Å². The Balaban J connectivity index is 0.000000236. The molecule has 0 bridgehead atoms. The summed E-state index contributed by atoms with van der Waals surface area (Å²) < 4.78 is 2.50. The maximum Gasteiger partial charge on any atom is 0.254 e. The van der Waals surface area contributed by atoms with Gasteiger partial charge in [-0.1, -0.05) is 33.7 Å². The number of hydrogen-bond donors (Lipinski definition) is 2. The molecule has 3 aromatic rings. The first-order chi connectivity index (χ1) is 13.4. The molecule has 1 fully saturated rings. The molecule has 1 saturated carbocycles. The lowest BCUT2D eigenvalue weighted by atomic mass is 10.1. The predicted molar refractivity (Wildman–Crippen MR) is 112 cm³/mol. The molecule has 0 aliphatic heterocycles. The molecule has 0 radical (unpaired) electrons. The van der Waals surface area contributed by atoms with E-state index in [1.54, 1.807) is 0 Å². The third kappa shape index (κ3) is 4.51. The molecule has 2 aromatic heterocycles. The fraction of sp³-hybridized carbons (Fsp3) is 0.286. The van der Waals surface area contributed by atoms with Crippen LogP contribution < -0.4 is 5.73 Å². The molecule has 0 spiro atoms. The first kappa shape index (κ1) is 19.9. The maximum absolute atomic E-state index is 9.26. The van der Waals surface area contributed by atoms with Crippen molar-refractivity contribution in [3.8, 4) is 24.2 Å². The highest BCUT2D eigenvalue weighted by Crippen LogP contribution is 2.28. The summed E-state index contributed by atoms with van der Waals surface area (Å²) >= 11 is 3.39. The summed E-state index contributed by atoms with van der Waals surface area (Å²) in [4.78, 5) is 8.34. The molecule has 0 saturated heterocycles. The minimum absolute atomic E-state index is 0.453. The Morgan fingerprint density at radius 3 is 2.50 bits per heavy atom. The Morgan fingerprint density at radius 2 is 1.89 bits per heavy atom. The Labute approximate surface area is 172 Å². The van der Waals surface area contributed by atoms with Gasteiger partial charge in [0.1, 0.15) is 17.7 Å². The van der Waals surface area contributed by atoms with Crippen LogP contribution in [0.3, 0.4) is 0 Å². The maximum atomic E-state index is 9.26. The van der Waals surface area contributed by atoms with Crippen LogP contribution in [0.15, 0.2) is 35.1 Å². The summed E-state index contributed by atoms with van der Waals surface area (Å²) in [7, 11) is 0. The molecule has 0 amide bonds. The van der Waals surface area contributed by atoms with E-state index in [-0.39, 0.29) is 0 Å². The molecule has 0 atom stereocenters. The van der Waals surface area contributed by atoms with Crippen molar-refractivity contribution in [2.75, 3.05) is 5.73 Å². The number of benzene rings is 1. The van der Waals surface area contributed by atoms with Crippen LogP contribution in [0.1, 0.15) is 42.5 Å². The SMILES string of the molecule is C#CC1(O)CCCC1.Cc1nc2ncnn2c(N)c1C#Cc1ccc(Br)cc1. The van der Waals surface area contributed by atoms with Crippen molar-refractivity contribution in [1.29, 1.82) is 0 Å². The van der Waals surface area contributed by atoms with Gasteiger partial charge in [0.2, 0.25) is 0 Å². The molecule has 6 nitrogen and oxygen atoms in total. The second kappa shape index (κ2) is 8.43. The molecule has 1 aromatic carbocycles. The molecule has 7 heteroatoms. The fourth-order valence-corrected chi connectivity index (χ4v) is 3.17. The number of anilines is 1. The van der Waals surface area contributed by atoms with Gasteiger partial charge in [0, 0.05) is 10.0 Å². The number of fused-ring (bicyclic) bond motifs is 1. The van der Waals surface area contributed by atoms with Crippen LogP contribution in [0.4, 0.5) is 5.82 Å². The highest BCUT2D eigenvalue weighted by molar-refractivity contribution is 9.10. The molecule has 142 valence electrons. The van der Waals surface area contributed by atoms with Crippen molar-refractivity contribution >= 4 is 27.5 Å². The molecule has 2 heterocycles. The van der Waals surface area contributed by atoms with Gasteiger partial charge in [-0.25, -0.2) is 4.98 Å². The van der Waals surface area contributed by atoms with Crippen molar-refractivity contribution in [3.05, 3.63) is 51.9 Å². The predicted octanol–water partition coefficient (Wildman–Crippen LogP) is 3.10. The number of aliphatic hydroxyl groups is 1. The van der Waals surface area contributed by atoms with E-state index in [4.69, 9.17) is 12.2 Å². The molecule has 28 heavy (non-hydrogen) atoms. The van der Waals surface area contributed by atoms with Crippen molar-refractivity contribution < 1.29 is 5.11 Å². The van der Waals surface area contributed by atoms with Crippen LogP contribution in [0.25, 0.3) is 5.78 Å². The fourth-order valence-electron chi connectivity index (χ4n) is 2.91. The highest BCUT2D eigenvalue weighted by atomic mass is 79.9. The van der Waals surface area contributed by atoms with Gasteiger partial charge in [-0.15, -0.1) is 6.42 Å². The number of rotatable bonds is 0. The second-order valence-electron chi connectivity index (χ2n) is 6.57. The quantitative estimate of drug-likeness (QED) is 0.527. The van der Waals surface area contributed by atoms with Crippen LogP contribution in [0, 0.1) is 31.1 Å². The number of halogens is 1. The van der Waals surface area contributed by atoms with E-state index < -0.39 is 5.60 Å². The average Bonchev–Trinajstić information content (AvgIpc) is 3.33. The minimum atomic E-state index is -0.736. The van der Waals surface area contributed by atoms with Gasteiger partial charge in [0.05, 0.1) is 11.3 Å². The summed E-state index contributed by atoms with van der Waals surface area (Å²) in [6.07, 6.45) is 10.2. The zero-order chi connectivity index (χ0) is 20.1. The van der Waals surface area contributed by atoms with Crippen LogP contribution in [-0.2, 0) is 0 Å². The van der Waals surface area contributed by atoms with E-state index in [0.29, 0.717) is 17.2 Å². The molecule has 1 aliphatic rings. The standard InChI is InChI=1S/C14H10BrN5.C7H10O/c1-9-12(7-4-10-2-5-11(15)6-3-10)13(16)20-14(19-9)17-8-18-20;1-2-7(8)5-3-4-6-7/h2-3,5-6,8H,16H2,1H3;1,8H,3-6H2. The monoisotopic (exact) mass is 437 g/mol. The van der Waals surface area contributed by atoms with Gasteiger partial charge < -0.3 is 10.8 Å². The number of aromatic nitrogens is 4. The van der Waals surface area contributed by atoms with Crippen molar-refractivity contribution in [3.63, 3.8) is 0 Å². The third-order valence-corrected chi connectivity index (χ3v) is 5.05. The topological polar surface area (TPSA) is 89.3 Å². The molecular formula is C21H20BrN5O. The third-order valence-electron chi connectivity index (χ3n) is 4.52. The van der Waals surface area contributed by atoms with E-state index in [2.05, 4.69) is 48.8 Å².